The van der Waals surface area contributed by atoms with Gasteiger partial charge >= 0.3 is 0 Å². The molecular weight excluding hydrogens is 260 g/mol. The normalized spacial score (nSPS) is 10.4. The Labute approximate surface area is 127 Å². The number of unbranched alkanes of at least 4 members (excludes halogenated alkanes) is 1. The average molecular weight is 284 g/mol. The molecular formula is C17H24N4. The lowest BCUT2D eigenvalue weighted by atomic mass is 10.1. The predicted molar refractivity (Wildman–Crippen MR) is 89.1 cm³/mol. The molecule has 0 aliphatic heterocycles. The largest absolute Gasteiger partial charge is 0.370 e. The van der Waals surface area contributed by atoms with Crippen LogP contribution in [0.25, 0.3) is 0 Å². The van der Waals surface area contributed by atoms with Crippen molar-refractivity contribution in [3.63, 3.8) is 0 Å². The summed E-state index contributed by atoms with van der Waals surface area (Å²) in [6.45, 7) is 5.27. The first-order valence-electron chi connectivity index (χ1n) is 7.73. The van der Waals surface area contributed by atoms with E-state index >= 15 is 0 Å². The molecule has 0 unspecified atom stereocenters. The number of rotatable bonds is 8. The number of nitrogens with one attached hydrogen (secondary N) is 2. The van der Waals surface area contributed by atoms with Crippen LogP contribution in [-0.2, 0) is 6.42 Å². The summed E-state index contributed by atoms with van der Waals surface area (Å²) in [6, 6.07) is 10.5. The van der Waals surface area contributed by atoms with E-state index in [-0.39, 0.29) is 0 Å². The van der Waals surface area contributed by atoms with E-state index in [1.54, 1.807) is 6.33 Å². The highest BCUT2D eigenvalue weighted by molar-refractivity contribution is 5.59. The second-order valence-corrected chi connectivity index (χ2v) is 5.14. The van der Waals surface area contributed by atoms with Crippen molar-refractivity contribution in [3.8, 4) is 0 Å². The molecule has 2 N–H and O–H groups in total. The Kier molecular flexibility index (Phi) is 6.00. The molecule has 4 heteroatoms. The van der Waals surface area contributed by atoms with Gasteiger partial charge in [0.15, 0.2) is 0 Å². The molecule has 0 aliphatic carbocycles. The van der Waals surface area contributed by atoms with Crippen molar-refractivity contribution in [2.45, 2.75) is 39.5 Å². The van der Waals surface area contributed by atoms with E-state index in [0.29, 0.717) is 0 Å². The van der Waals surface area contributed by atoms with Crippen LogP contribution in [0.4, 0.5) is 17.3 Å². The van der Waals surface area contributed by atoms with Crippen LogP contribution >= 0.6 is 0 Å². The Morgan fingerprint density at radius 1 is 0.952 bits per heavy atom. The highest BCUT2D eigenvalue weighted by atomic mass is 15.1. The number of anilines is 3. The Bertz CT molecular complexity index is 537. The molecule has 4 nitrogen and oxygen atoms in total. The number of aryl methyl sites for hydroxylation is 1. The fourth-order valence-electron chi connectivity index (χ4n) is 2.06. The summed E-state index contributed by atoms with van der Waals surface area (Å²) in [5.41, 5.74) is 2.44. The third-order valence-electron chi connectivity index (χ3n) is 3.27. The smallest absolute Gasteiger partial charge is 0.135 e. The van der Waals surface area contributed by atoms with E-state index in [4.69, 9.17) is 0 Å². The maximum Gasteiger partial charge on any atom is 0.135 e. The maximum absolute atomic E-state index is 4.25. The number of benzene rings is 1. The first-order valence-corrected chi connectivity index (χ1v) is 7.73. The molecule has 2 aromatic rings. The fourth-order valence-corrected chi connectivity index (χ4v) is 2.06. The predicted octanol–water partition coefficient (Wildman–Crippen LogP) is 4.38. The van der Waals surface area contributed by atoms with Crippen molar-refractivity contribution in [3.05, 3.63) is 42.2 Å². The molecule has 1 heterocycles. The van der Waals surface area contributed by atoms with Crippen molar-refractivity contribution < 1.29 is 0 Å². The third kappa shape index (κ3) is 5.06. The second kappa shape index (κ2) is 8.25. The Morgan fingerprint density at radius 2 is 1.71 bits per heavy atom. The lowest BCUT2D eigenvalue weighted by Crippen LogP contribution is -2.03. The highest BCUT2D eigenvalue weighted by Gasteiger charge is 2.00. The van der Waals surface area contributed by atoms with E-state index < -0.39 is 0 Å². The minimum absolute atomic E-state index is 0.810. The number of aromatic nitrogens is 2. The van der Waals surface area contributed by atoms with Gasteiger partial charge in [-0.05, 0) is 37.0 Å². The van der Waals surface area contributed by atoms with E-state index in [1.807, 2.05) is 6.07 Å². The van der Waals surface area contributed by atoms with Gasteiger partial charge in [0, 0.05) is 18.3 Å². The van der Waals surface area contributed by atoms with E-state index in [1.165, 1.54) is 18.4 Å². The molecule has 0 atom stereocenters. The van der Waals surface area contributed by atoms with Gasteiger partial charge in [0.25, 0.3) is 0 Å². The van der Waals surface area contributed by atoms with Crippen molar-refractivity contribution in [1.29, 1.82) is 0 Å². The summed E-state index contributed by atoms with van der Waals surface area (Å²) >= 11 is 0. The molecule has 112 valence electrons. The molecule has 0 radical (unpaired) electrons. The van der Waals surface area contributed by atoms with Gasteiger partial charge in [0.1, 0.15) is 18.0 Å². The van der Waals surface area contributed by atoms with E-state index in [9.17, 15) is 0 Å². The zero-order valence-corrected chi connectivity index (χ0v) is 12.9. The lowest BCUT2D eigenvalue weighted by molar-refractivity contribution is 0.795. The van der Waals surface area contributed by atoms with E-state index in [0.717, 1.165) is 36.7 Å². The summed E-state index contributed by atoms with van der Waals surface area (Å²) in [7, 11) is 0. The van der Waals surface area contributed by atoms with Gasteiger partial charge in [-0.3, -0.25) is 0 Å². The monoisotopic (exact) mass is 284 g/mol. The quantitative estimate of drug-likeness (QED) is 0.755. The molecule has 0 bridgehead atoms. The van der Waals surface area contributed by atoms with Gasteiger partial charge in [-0.1, -0.05) is 32.4 Å². The second-order valence-electron chi connectivity index (χ2n) is 5.14. The highest BCUT2D eigenvalue weighted by Crippen LogP contribution is 2.17. The number of nitrogens with zero attached hydrogens (tertiary/aromatic N) is 2. The van der Waals surface area contributed by atoms with Crippen LogP contribution in [0, 0.1) is 0 Å². The van der Waals surface area contributed by atoms with Gasteiger partial charge < -0.3 is 10.6 Å². The summed E-state index contributed by atoms with van der Waals surface area (Å²) in [6.07, 6.45) is 6.27. The fraction of sp³-hybridized carbons (Fsp3) is 0.412. The van der Waals surface area contributed by atoms with Gasteiger partial charge in [0.2, 0.25) is 0 Å². The molecule has 0 fully saturated rings. The standard InChI is InChI=1S/C17H24N4/c1-3-5-6-14-7-9-15(10-8-14)21-17-12-16(18-11-4-2)19-13-20-17/h7-10,12-13H,3-6,11H2,1-2H3,(H2,18,19,20,21). The molecule has 0 aliphatic rings. The van der Waals surface area contributed by atoms with Gasteiger partial charge in [-0.15, -0.1) is 0 Å². The van der Waals surface area contributed by atoms with Crippen LogP contribution in [0.2, 0.25) is 0 Å². The van der Waals surface area contributed by atoms with Gasteiger partial charge in [-0.25, -0.2) is 9.97 Å². The number of hydrogen-bond donors (Lipinski definition) is 2. The third-order valence-corrected chi connectivity index (χ3v) is 3.27. The number of hydrogen-bond acceptors (Lipinski definition) is 4. The average Bonchev–Trinajstić information content (AvgIpc) is 2.53. The minimum atomic E-state index is 0.810. The van der Waals surface area contributed by atoms with Crippen molar-refractivity contribution in [2.75, 3.05) is 17.2 Å². The Balaban J connectivity index is 1.97. The van der Waals surface area contributed by atoms with Crippen molar-refractivity contribution >= 4 is 17.3 Å². The maximum atomic E-state index is 4.25. The summed E-state index contributed by atoms with van der Waals surface area (Å²) < 4.78 is 0. The topological polar surface area (TPSA) is 49.8 Å². The Morgan fingerprint density at radius 3 is 2.43 bits per heavy atom. The zero-order valence-electron chi connectivity index (χ0n) is 12.9. The van der Waals surface area contributed by atoms with E-state index in [2.05, 4.69) is 58.7 Å². The SMILES string of the molecule is CCCCc1ccc(Nc2cc(NCCC)ncn2)cc1. The first-order chi connectivity index (χ1) is 10.3. The molecule has 0 saturated heterocycles. The molecule has 0 saturated carbocycles. The molecule has 1 aromatic heterocycles. The lowest BCUT2D eigenvalue weighted by Gasteiger charge is -2.08. The molecule has 2 rings (SSSR count). The first kappa shape index (κ1) is 15.3. The summed E-state index contributed by atoms with van der Waals surface area (Å²) in [4.78, 5) is 8.46. The summed E-state index contributed by atoms with van der Waals surface area (Å²) in [5.74, 6) is 1.67. The van der Waals surface area contributed by atoms with Crippen LogP contribution in [0.15, 0.2) is 36.7 Å². The van der Waals surface area contributed by atoms with Crippen LogP contribution in [-0.4, -0.2) is 16.5 Å². The minimum Gasteiger partial charge on any atom is -0.370 e. The Hall–Kier alpha value is -2.10. The molecule has 0 amide bonds. The van der Waals surface area contributed by atoms with Crippen molar-refractivity contribution in [2.24, 2.45) is 0 Å². The van der Waals surface area contributed by atoms with Crippen LogP contribution in [0.5, 0.6) is 0 Å². The van der Waals surface area contributed by atoms with Gasteiger partial charge in [0.05, 0.1) is 0 Å². The van der Waals surface area contributed by atoms with Gasteiger partial charge in [-0.2, -0.15) is 0 Å². The van der Waals surface area contributed by atoms with Crippen molar-refractivity contribution in [1.82, 2.24) is 9.97 Å². The summed E-state index contributed by atoms with van der Waals surface area (Å²) in [5, 5.41) is 6.57. The van der Waals surface area contributed by atoms with Crippen LogP contribution in [0.3, 0.4) is 0 Å². The molecule has 0 spiro atoms. The van der Waals surface area contributed by atoms with Crippen LogP contribution in [0.1, 0.15) is 38.7 Å². The zero-order chi connectivity index (χ0) is 14.9. The molecule has 21 heavy (non-hydrogen) atoms. The van der Waals surface area contributed by atoms with Crippen LogP contribution < -0.4 is 10.6 Å². The molecule has 1 aromatic carbocycles.